The lowest BCUT2D eigenvalue weighted by Crippen LogP contribution is -2.42. The summed E-state index contributed by atoms with van der Waals surface area (Å²) in [5.74, 6) is -5.61. The number of carbonyl (C=O) groups is 2. The Labute approximate surface area is 282 Å². The van der Waals surface area contributed by atoms with E-state index in [4.69, 9.17) is 9.15 Å². The summed E-state index contributed by atoms with van der Waals surface area (Å²) in [6.45, 7) is 7.56. The van der Waals surface area contributed by atoms with E-state index in [2.05, 4.69) is 20.6 Å². The third kappa shape index (κ3) is 8.79. The Morgan fingerprint density at radius 3 is 2.32 bits per heavy atom. The SMILES string of the molecule is CN(Cc1ccc(-n2cc(C(F)(F)F)cn2)cc1)c1cc(-c2nnc(C(C)(C)C#N)o2)c(F)cc1C(F)(F)CC(C=O)NC(=O)OC(C)(C)C. The van der Waals surface area contributed by atoms with Gasteiger partial charge in [0.25, 0.3) is 11.8 Å². The Balaban J connectivity index is 1.71. The van der Waals surface area contributed by atoms with Gasteiger partial charge in [-0.15, -0.1) is 10.2 Å². The quantitative estimate of drug-likeness (QED) is 0.128. The second-order valence-electron chi connectivity index (χ2n) is 13.0. The number of hydrogen-bond donors (Lipinski definition) is 1. The molecule has 0 saturated heterocycles. The molecule has 0 saturated carbocycles. The molecule has 17 heteroatoms. The highest BCUT2D eigenvalue weighted by Crippen LogP contribution is 2.42. The highest BCUT2D eigenvalue weighted by atomic mass is 19.4. The smallest absolute Gasteiger partial charge is 0.419 e. The number of benzene rings is 2. The summed E-state index contributed by atoms with van der Waals surface area (Å²) >= 11 is 0. The molecule has 2 aromatic heterocycles. The van der Waals surface area contributed by atoms with Gasteiger partial charge in [-0.05, 0) is 64.4 Å². The van der Waals surface area contributed by atoms with Crippen molar-refractivity contribution >= 4 is 18.1 Å². The molecule has 4 rings (SSSR count). The van der Waals surface area contributed by atoms with E-state index in [0.29, 0.717) is 23.5 Å². The molecule has 0 bridgehead atoms. The molecule has 0 radical (unpaired) electrons. The van der Waals surface area contributed by atoms with E-state index in [1.54, 1.807) is 32.9 Å². The number of ether oxygens (including phenoxy) is 1. The molecule has 1 atom stereocenters. The van der Waals surface area contributed by atoms with Crippen molar-refractivity contribution < 1.29 is 45.1 Å². The second kappa shape index (κ2) is 13.8. The van der Waals surface area contributed by atoms with Crippen LogP contribution in [0.2, 0.25) is 0 Å². The second-order valence-corrected chi connectivity index (χ2v) is 13.0. The van der Waals surface area contributed by atoms with E-state index in [-0.39, 0.29) is 35.9 Å². The third-order valence-corrected chi connectivity index (χ3v) is 7.23. The Kier molecular flexibility index (Phi) is 10.4. The van der Waals surface area contributed by atoms with E-state index in [0.717, 1.165) is 16.9 Å². The zero-order chi connectivity index (χ0) is 37.2. The maximum atomic E-state index is 16.1. The van der Waals surface area contributed by atoms with Crippen molar-refractivity contribution in [3.8, 4) is 23.2 Å². The van der Waals surface area contributed by atoms with Gasteiger partial charge in [-0.25, -0.2) is 22.6 Å². The van der Waals surface area contributed by atoms with E-state index < -0.39 is 58.6 Å². The van der Waals surface area contributed by atoms with Crippen LogP contribution in [0.25, 0.3) is 17.1 Å². The number of rotatable bonds is 11. The summed E-state index contributed by atoms with van der Waals surface area (Å²) < 4.78 is 98.5. The van der Waals surface area contributed by atoms with Crippen molar-refractivity contribution in [2.45, 2.75) is 76.7 Å². The molecule has 2 aromatic carbocycles. The monoisotopic (exact) mass is 705 g/mol. The summed E-state index contributed by atoms with van der Waals surface area (Å²) in [5, 5.41) is 22.9. The molecular formula is C33H33F6N7O4. The first-order chi connectivity index (χ1) is 23.1. The predicted octanol–water partition coefficient (Wildman–Crippen LogP) is 7.09. The fraction of sp³-hybridized carbons (Fsp3) is 0.394. The van der Waals surface area contributed by atoms with Crippen LogP contribution in [-0.2, 0) is 33.6 Å². The molecule has 1 unspecified atom stereocenters. The number of nitrogens with zero attached hydrogens (tertiary/aromatic N) is 6. The molecule has 1 amide bonds. The van der Waals surface area contributed by atoms with Crippen molar-refractivity contribution in [1.29, 1.82) is 5.26 Å². The van der Waals surface area contributed by atoms with Gasteiger partial charge in [-0.3, -0.25) is 0 Å². The fourth-order valence-corrected chi connectivity index (χ4v) is 4.67. The van der Waals surface area contributed by atoms with Gasteiger partial charge in [0.05, 0.1) is 35.1 Å². The summed E-state index contributed by atoms with van der Waals surface area (Å²) in [6, 6.07) is 7.93. The first-order valence-corrected chi connectivity index (χ1v) is 15.0. The zero-order valence-corrected chi connectivity index (χ0v) is 27.8. The molecule has 11 nitrogen and oxygen atoms in total. The number of amides is 1. The number of hydrogen-bond acceptors (Lipinski definition) is 9. The lowest BCUT2D eigenvalue weighted by molar-refractivity contribution is -0.137. The molecule has 266 valence electrons. The van der Waals surface area contributed by atoms with Crippen LogP contribution in [0.3, 0.4) is 0 Å². The maximum absolute atomic E-state index is 16.1. The lowest BCUT2D eigenvalue weighted by Gasteiger charge is -2.29. The largest absolute Gasteiger partial charge is 0.444 e. The maximum Gasteiger partial charge on any atom is 0.419 e. The number of carbonyl (C=O) groups excluding carboxylic acids is 2. The van der Waals surface area contributed by atoms with E-state index in [9.17, 15) is 28.0 Å². The van der Waals surface area contributed by atoms with Gasteiger partial charge in [0.15, 0.2) is 0 Å². The first-order valence-electron chi connectivity index (χ1n) is 15.0. The van der Waals surface area contributed by atoms with Crippen LogP contribution in [0.4, 0.5) is 36.8 Å². The average molecular weight is 706 g/mol. The Morgan fingerprint density at radius 2 is 1.76 bits per heavy atom. The molecular weight excluding hydrogens is 672 g/mol. The minimum atomic E-state index is -4.58. The van der Waals surface area contributed by atoms with Gasteiger partial charge in [-0.1, -0.05) is 12.1 Å². The predicted molar refractivity (Wildman–Crippen MR) is 167 cm³/mol. The number of aromatic nitrogens is 4. The molecule has 0 aliphatic heterocycles. The molecule has 0 aliphatic rings. The molecule has 0 spiro atoms. The van der Waals surface area contributed by atoms with Gasteiger partial charge in [0.1, 0.15) is 23.1 Å². The fourth-order valence-electron chi connectivity index (χ4n) is 4.67. The molecule has 50 heavy (non-hydrogen) atoms. The lowest BCUT2D eigenvalue weighted by atomic mass is 9.96. The number of anilines is 1. The topological polar surface area (TPSA) is 139 Å². The summed E-state index contributed by atoms with van der Waals surface area (Å²) in [6.07, 6.45) is -5.33. The van der Waals surface area contributed by atoms with Crippen LogP contribution in [-0.4, -0.2) is 51.0 Å². The van der Waals surface area contributed by atoms with E-state index in [1.807, 2.05) is 6.07 Å². The van der Waals surface area contributed by atoms with Gasteiger partial charge >= 0.3 is 12.3 Å². The number of nitrogens with one attached hydrogen (secondary N) is 1. The normalized spacial score (nSPS) is 13.0. The zero-order valence-electron chi connectivity index (χ0n) is 27.8. The number of halogens is 6. The van der Waals surface area contributed by atoms with Crippen LogP contribution in [0.1, 0.15) is 63.6 Å². The van der Waals surface area contributed by atoms with Crippen molar-refractivity contribution in [3.05, 3.63) is 77.2 Å². The Bertz CT molecular complexity index is 1890. The van der Waals surface area contributed by atoms with Crippen molar-refractivity contribution in [3.63, 3.8) is 0 Å². The highest BCUT2D eigenvalue weighted by molar-refractivity contribution is 5.74. The number of alkyl halides is 5. The van der Waals surface area contributed by atoms with Crippen LogP contribution in [0, 0.1) is 17.1 Å². The van der Waals surface area contributed by atoms with Crippen molar-refractivity contribution in [1.82, 2.24) is 25.3 Å². The van der Waals surface area contributed by atoms with Gasteiger partial charge in [0, 0.05) is 37.5 Å². The molecule has 0 fully saturated rings. The number of nitriles is 1. The van der Waals surface area contributed by atoms with Crippen molar-refractivity contribution in [2.75, 3.05) is 11.9 Å². The Morgan fingerprint density at radius 1 is 1.10 bits per heavy atom. The highest BCUT2D eigenvalue weighted by Gasteiger charge is 2.40. The molecule has 2 heterocycles. The molecule has 0 aliphatic carbocycles. The number of alkyl carbamates (subject to hydrolysis) is 1. The number of aldehydes is 1. The summed E-state index contributed by atoms with van der Waals surface area (Å²) in [4.78, 5) is 25.4. The van der Waals surface area contributed by atoms with E-state index in [1.165, 1.54) is 37.9 Å². The van der Waals surface area contributed by atoms with Crippen LogP contribution >= 0.6 is 0 Å². The van der Waals surface area contributed by atoms with E-state index >= 15 is 13.2 Å². The average Bonchev–Trinajstić information content (AvgIpc) is 3.71. The van der Waals surface area contributed by atoms with Gasteiger partial charge < -0.3 is 24.2 Å². The minimum Gasteiger partial charge on any atom is -0.444 e. The summed E-state index contributed by atoms with van der Waals surface area (Å²) in [5.41, 5.74) is -3.76. The van der Waals surface area contributed by atoms with Crippen molar-refractivity contribution in [2.24, 2.45) is 0 Å². The van der Waals surface area contributed by atoms with Crippen LogP contribution < -0.4 is 10.2 Å². The Hall–Kier alpha value is -5.40. The van der Waals surface area contributed by atoms with Gasteiger partial charge in [-0.2, -0.15) is 23.5 Å². The summed E-state index contributed by atoms with van der Waals surface area (Å²) in [7, 11) is 1.43. The first kappa shape index (κ1) is 37.4. The van der Waals surface area contributed by atoms with Crippen LogP contribution in [0.15, 0.2) is 53.2 Å². The standard InChI is InChI=1S/C33H33F6N7O4/c1-30(2,3)50-29(48)42-21(17-47)13-32(35,36)24-12-25(34)23(27-43-44-28(49-27)31(4,5)18-40)11-26(24)45(6)15-19-7-9-22(10-8-19)46-16-20(14-41-46)33(37,38)39/h7-12,14,16-17,21H,13,15H2,1-6H3,(H,42,48). The van der Waals surface area contributed by atoms with Gasteiger partial charge in [0.2, 0.25) is 5.89 Å². The minimum absolute atomic E-state index is 0.0643. The molecule has 4 aromatic rings. The van der Waals surface area contributed by atoms with Crippen LogP contribution in [0.5, 0.6) is 0 Å². The molecule has 1 N–H and O–H groups in total. The third-order valence-electron chi connectivity index (χ3n) is 7.23.